The summed E-state index contributed by atoms with van der Waals surface area (Å²) >= 11 is 7.63. The van der Waals surface area contributed by atoms with Gasteiger partial charge in [0.15, 0.2) is 0 Å². The number of aryl methyl sites for hydroxylation is 2. The van der Waals surface area contributed by atoms with Gasteiger partial charge in [-0.25, -0.2) is 9.97 Å². The van der Waals surface area contributed by atoms with Crippen LogP contribution in [0.2, 0.25) is 5.28 Å². The molecule has 0 radical (unpaired) electrons. The summed E-state index contributed by atoms with van der Waals surface area (Å²) in [5.41, 5.74) is 1.36. The SMILES string of the molecule is Cc1cc2c(NCCCc3ccccc3)nc(Cl)nc2s1. The van der Waals surface area contributed by atoms with E-state index in [-0.39, 0.29) is 0 Å². The topological polar surface area (TPSA) is 37.8 Å². The number of thiophene rings is 1. The van der Waals surface area contributed by atoms with Crippen LogP contribution in [0.3, 0.4) is 0 Å². The minimum Gasteiger partial charge on any atom is -0.369 e. The zero-order chi connectivity index (χ0) is 14.7. The average Bonchev–Trinajstić information content (AvgIpc) is 2.84. The van der Waals surface area contributed by atoms with Crippen molar-refractivity contribution < 1.29 is 0 Å². The van der Waals surface area contributed by atoms with Crippen LogP contribution in [0.15, 0.2) is 36.4 Å². The summed E-state index contributed by atoms with van der Waals surface area (Å²) in [5.74, 6) is 0.836. The van der Waals surface area contributed by atoms with Gasteiger partial charge in [-0.3, -0.25) is 0 Å². The van der Waals surface area contributed by atoms with Gasteiger partial charge >= 0.3 is 0 Å². The average molecular weight is 318 g/mol. The van der Waals surface area contributed by atoms with Crippen molar-refractivity contribution in [2.75, 3.05) is 11.9 Å². The smallest absolute Gasteiger partial charge is 0.225 e. The van der Waals surface area contributed by atoms with E-state index in [1.807, 2.05) is 6.07 Å². The van der Waals surface area contributed by atoms with Gasteiger partial charge in [-0.2, -0.15) is 0 Å². The maximum atomic E-state index is 5.99. The van der Waals surface area contributed by atoms with E-state index in [4.69, 9.17) is 11.6 Å². The molecule has 21 heavy (non-hydrogen) atoms. The van der Waals surface area contributed by atoms with Crippen LogP contribution in [-0.4, -0.2) is 16.5 Å². The lowest BCUT2D eigenvalue weighted by molar-refractivity contribution is 0.859. The van der Waals surface area contributed by atoms with E-state index in [2.05, 4.69) is 52.5 Å². The van der Waals surface area contributed by atoms with Gasteiger partial charge in [-0.15, -0.1) is 11.3 Å². The van der Waals surface area contributed by atoms with Crippen molar-refractivity contribution in [3.05, 3.63) is 52.1 Å². The number of benzene rings is 1. The van der Waals surface area contributed by atoms with E-state index >= 15 is 0 Å². The highest BCUT2D eigenvalue weighted by molar-refractivity contribution is 7.18. The molecule has 2 heterocycles. The fourth-order valence-electron chi connectivity index (χ4n) is 2.29. The van der Waals surface area contributed by atoms with Crippen LogP contribution in [0, 0.1) is 6.92 Å². The highest BCUT2D eigenvalue weighted by Crippen LogP contribution is 2.29. The third-order valence-corrected chi connectivity index (χ3v) is 4.38. The number of hydrogen-bond acceptors (Lipinski definition) is 4. The molecule has 0 saturated heterocycles. The number of fused-ring (bicyclic) bond motifs is 1. The maximum Gasteiger partial charge on any atom is 0.225 e. The number of hydrogen-bond donors (Lipinski definition) is 1. The molecule has 0 fully saturated rings. The van der Waals surface area contributed by atoms with Crippen molar-refractivity contribution in [1.82, 2.24) is 9.97 Å². The molecule has 0 amide bonds. The monoisotopic (exact) mass is 317 g/mol. The van der Waals surface area contributed by atoms with Crippen molar-refractivity contribution in [2.45, 2.75) is 19.8 Å². The van der Waals surface area contributed by atoms with E-state index in [9.17, 15) is 0 Å². The quantitative estimate of drug-likeness (QED) is 0.547. The minimum atomic E-state index is 0.301. The Balaban J connectivity index is 1.65. The van der Waals surface area contributed by atoms with Crippen LogP contribution in [0.25, 0.3) is 10.2 Å². The Hall–Kier alpha value is -1.65. The van der Waals surface area contributed by atoms with Gasteiger partial charge in [0.05, 0.1) is 5.39 Å². The number of nitrogens with zero attached hydrogens (tertiary/aromatic N) is 2. The van der Waals surface area contributed by atoms with Crippen LogP contribution in [0.1, 0.15) is 16.9 Å². The lowest BCUT2D eigenvalue weighted by Gasteiger charge is -2.07. The molecule has 3 nitrogen and oxygen atoms in total. The number of nitrogens with one attached hydrogen (secondary N) is 1. The Bertz CT molecular complexity index is 740. The van der Waals surface area contributed by atoms with Crippen molar-refractivity contribution in [1.29, 1.82) is 0 Å². The van der Waals surface area contributed by atoms with E-state index in [0.29, 0.717) is 5.28 Å². The summed E-state index contributed by atoms with van der Waals surface area (Å²) in [4.78, 5) is 10.7. The van der Waals surface area contributed by atoms with E-state index in [1.165, 1.54) is 10.4 Å². The fourth-order valence-corrected chi connectivity index (χ4v) is 3.39. The van der Waals surface area contributed by atoms with Gasteiger partial charge in [-0.05, 0) is 43.0 Å². The lowest BCUT2D eigenvalue weighted by Crippen LogP contribution is -2.05. The van der Waals surface area contributed by atoms with Crippen molar-refractivity contribution in [3.8, 4) is 0 Å². The summed E-state index contributed by atoms with van der Waals surface area (Å²) in [6, 6.07) is 12.6. The zero-order valence-electron chi connectivity index (χ0n) is 11.8. The summed E-state index contributed by atoms with van der Waals surface area (Å²) in [7, 11) is 0. The fraction of sp³-hybridized carbons (Fsp3) is 0.250. The first kappa shape index (κ1) is 14.3. The number of anilines is 1. The molecule has 3 aromatic rings. The van der Waals surface area contributed by atoms with Gasteiger partial charge in [0.2, 0.25) is 5.28 Å². The highest BCUT2D eigenvalue weighted by Gasteiger charge is 2.09. The molecule has 3 rings (SSSR count). The number of rotatable bonds is 5. The molecule has 2 aromatic heterocycles. The summed E-state index contributed by atoms with van der Waals surface area (Å²) in [6.45, 7) is 2.94. The normalized spacial score (nSPS) is 11.0. The van der Waals surface area contributed by atoms with Crippen molar-refractivity contribution in [2.24, 2.45) is 0 Å². The Morgan fingerprint density at radius 1 is 1.19 bits per heavy atom. The molecule has 1 N–H and O–H groups in total. The largest absolute Gasteiger partial charge is 0.369 e. The Morgan fingerprint density at radius 3 is 2.81 bits per heavy atom. The molecule has 0 aliphatic heterocycles. The predicted octanol–water partition coefficient (Wildman–Crippen LogP) is 4.70. The summed E-state index contributed by atoms with van der Waals surface area (Å²) < 4.78 is 0. The van der Waals surface area contributed by atoms with Crippen LogP contribution >= 0.6 is 22.9 Å². The molecular weight excluding hydrogens is 302 g/mol. The Kier molecular flexibility index (Phi) is 4.36. The van der Waals surface area contributed by atoms with Crippen LogP contribution in [-0.2, 0) is 6.42 Å². The van der Waals surface area contributed by atoms with Gasteiger partial charge in [0, 0.05) is 11.4 Å². The first-order valence-corrected chi connectivity index (χ1v) is 8.13. The molecule has 0 spiro atoms. The van der Waals surface area contributed by atoms with Gasteiger partial charge < -0.3 is 5.32 Å². The van der Waals surface area contributed by atoms with Gasteiger partial charge in [-0.1, -0.05) is 30.3 Å². The van der Waals surface area contributed by atoms with Crippen LogP contribution < -0.4 is 5.32 Å². The summed E-state index contributed by atoms with van der Waals surface area (Å²) in [6.07, 6.45) is 2.11. The summed E-state index contributed by atoms with van der Waals surface area (Å²) in [5, 5.41) is 4.74. The molecule has 0 saturated carbocycles. The second-order valence-electron chi connectivity index (χ2n) is 4.93. The second kappa shape index (κ2) is 6.41. The van der Waals surface area contributed by atoms with Crippen molar-refractivity contribution >= 4 is 39.0 Å². The molecule has 108 valence electrons. The molecular formula is C16H16ClN3S. The van der Waals surface area contributed by atoms with E-state index < -0.39 is 0 Å². The Morgan fingerprint density at radius 2 is 2.00 bits per heavy atom. The lowest BCUT2D eigenvalue weighted by atomic mass is 10.1. The molecule has 1 aromatic carbocycles. The highest BCUT2D eigenvalue weighted by atomic mass is 35.5. The molecule has 0 atom stereocenters. The molecule has 0 aliphatic rings. The number of aromatic nitrogens is 2. The van der Waals surface area contributed by atoms with Gasteiger partial charge in [0.1, 0.15) is 10.6 Å². The minimum absolute atomic E-state index is 0.301. The van der Waals surface area contributed by atoms with Crippen LogP contribution in [0.4, 0.5) is 5.82 Å². The predicted molar refractivity (Wildman–Crippen MR) is 90.4 cm³/mol. The standard InChI is InChI=1S/C16H16ClN3S/c1-11-10-13-14(19-16(17)20-15(13)21-11)18-9-5-8-12-6-3-2-4-7-12/h2-4,6-7,10H,5,8-9H2,1H3,(H,18,19,20). The molecule has 0 aliphatic carbocycles. The zero-order valence-corrected chi connectivity index (χ0v) is 13.3. The third-order valence-electron chi connectivity index (χ3n) is 3.27. The van der Waals surface area contributed by atoms with Crippen LogP contribution in [0.5, 0.6) is 0 Å². The maximum absolute atomic E-state index is 5.99. The second-order valence-corrected chi connectivity index (χ2v) is 6.51. The van der Waals surface area contributed by atoms with E-state index in [1.54, 1.807) is 11.3 Å². The third kappa shape index (κ3) is 3.52. The Labute approximate surface area is 133 Å². The van der Waals surface area contributed by atoms with E-state index in [0.717, 1.165) is 35.4 Å². The number of halogens is 1. The first-order chi connectivity index (χ1) is 10.2. The molecule has 0 unspecified atom stereocenters. The van der Waals surface area contributed by atoms with Gasteiger partial charge in [0.25, 0.3) is 0 Å². The molecule has 0 bridgehead atoms. The first-order valence-electron chi connectivity index (χ1n) is 6.94. The molecule has 5 heteroatoms. The van der Waals surface area contributed by atoms with Crippen molar-refractivity contribution in [3.63, 3.8) is 0 Å².